The normalized spacial score (nSPS) is 15.1. The molecule has 0 saturated heterocycles. The molecule has 2 heterocycles. The first-order chi connectivity index (χ1) is 17.9. The zero-order chi connectivity index (χ0) is 27.6. The first kappa shape index (κ1) is 27.5. The van der Waals surface area contributed by atoms with Gasteiger partial charge in [0.2, 0.25) is 24.0 Å². The lowest BCUT2D eigenvalue weighted by atomic mass is 9.96. The number of rotatable bonds is 8. The molecule has 1 aromatic heterocycles. The van der Waals surface area contributed by atoms with E-state index in [1.54, 1.807) is 19.1 Å². The number of pyridine rings is 1. The van der Waals surface area contributed by atoms with Crippen LogP contribution in [-0.2, 0) is 28.8 Å². The number of aromatic nitrogens is 1. The Hall–Kier alpha value is -3.55. The van der Waals surface area contributed by atoms with Crippen LogP contribution in [0.5, 0.6) is 11.5 Å². The molecule has 1 aliphatic heterocycles. The summed E-state index contributed by atoms with van der Waals surface area (Å²) in [7, 11) is 0. The van der Waals surface area contributed by atoms with E-state index in [4.69, 9.17) is 14.0 Å². The van der Waals surface area contributed by atoms with Gasteiger partial charge in [0, 0.05) is 23.7 Å². The molecule has 4 rings (SSSR count). The largest absolute Gasteiger partial charge is 0.454 e. The summed E-state index contributed by atoms with van der Waals surface area (Å²) in [5, 5.41) is 2.68. The van der Waals surface area contributed by atoms with Crippen molar-refractivity contribution in [2.75, 3.05) is 6.79 Å². The molecular formula is C25H23F4N3O5S. The topological polar surface area (TPSA) is 110 Å². The molecular weight excluding hydrogens is 530 g/mol. The fraction of sp³-hybridized carbons (Fsp3) is 0.280. The van der Waals surface area contributed by atoms with Crippen LogP contribution in [0.2, 0.25) is 0 Å². The molecule has 13 heteroatoms. The molecule has 0 radical (unpaired) electrons. The lowest BCUT2D eigenvalue weighted by Gasteiger charge is -2.17. The molecule has 3 unspecified atom stereocenters. The Labute approximate surface area is 217 Å². The fourth-order valence-corrected chi connectivity index (χ4v) is 4.38. The first-order valence-electron chi connectivity index (χ1n) is 11.3. The molecule has 3 N–H and O–H groups in total. The zero-order valence-corrected chi connectivity index (χ0v) is 21.0. The van der Waals surface area contributed by atoms with Crippen molar-refractivity contribution in [2.45, 2.75) is 38.5 Å². The van der Waals surface area contributed by atoms with Crippen molar-refractivity contribution < 1.29 is 40.6 Å². The Balaban J connectivity index is 1.54. The van der Waals surface area contributed by atoms with Gasteiger partial charge in [-0.3, -0.25) is 9.35 Å². The summed E-state index contributed by atoms with van der Waals surface area (Å²) < 4.78 is 87.5. The van der Waals surface area contributed by atoms with E-state index in [-0.39, 0.29) is 24.6 Å². The van der Waals surface area contributed by atoms with E-state index >= 15 is 0 Å². The minimum atomic E-state index is -4.67. The van der Waals surface area contributed by atoms with E-state index in [9.17, 15) is 26.6 Å². The third kappa shape index (κ3) is 6.11. The highest BCUT2D eigenvalue weighted by Crippen LogP contribution is 2.37. The molecule has 0 bridgehead atoms. The molecule has 0 aliphatic carbocycles. The molecule has 38 heavy (non-hydrogen) atoms. The van der Waals surface area contributed by atoms with Crippen LogP contribution in [0.1, 0.15) is 48.2 Å². The van der Waals surface area contributed by atoms with Crippen molar-refractivity contribution in [3.05, 3.63) is 76.7 Å². The molecule has 3 atom stereocenters. The Morgan fingerprint density at radius 3 is 2.53 bits per heavy atom. The minimum absolute atomic E-state index is 0.00640. The maximum atomic E-state index is 14.6. The zero-order valence-electron chi connectivity index (χ0n) is 20.1. The number of halogens is 4. The second kappa shape index (κ2) is 11.1. The van der Waals surface area contributed by atoms with E-state index in [2.05, 4.69) is 15.0 Å². The molecule has 1 aliphatic rings. The number of nitrogens with one attached hydrogen (secondary N) is 2. The molecule has 0 saturated carbocycles. The van der Waals surface area contributed by atoms with Gasteiger partial charge in [-0.25, -0.2) is 18.3 Å². The SMILES string of the molecule is CC(NS(=O)O)c1ccc(C(C)C(=O)NCc2ccc(C(F)(F)F)nc2-c2ccc3c(c2)OCO3)cc1F. The third-order valence-electron chi connectivity index (χ3n) is 6.03. The third-order valence-corrected chi connectivity index (χ3v) is 6.59. The fourth-order valence-electron chi connectivity index (χ4n) is 3.95. The predicted octanol–water partition coefficient (Wildman–Crippen LogP) is 4.84. The Bertz CT molecular complexity index is 1390. The van der Waals surface area contributed by atoms with Gasteiger partial charge in [0.15, 0.2) is 11.5 Å². The summed E-state index contributed by atoms with van der Waals surface area (Å²) >= 11 is -2.33. The van der Waals surface area contributed by atoms with Gasteiger partial charge in [0.05, 0.1) is 11.6 Å². The van der Waals surface area contributed by atoms with E-state index in [1.165, 1.54) is 31.2 Å². The predicted molar refractivity (Wildman–Crippen MR) is 130 cm³/mol. The number of amides is 1. The van der Waals surface area contributed by atoms with Gasteiger partial charge < -0.3 is 14.8 Å². The lowest BCUT2D eigenvalue weighted by molar-refractivity contribution is -0.141. The van der Waals surface area contributed by atoms with Gasteiger partial charge in [-0.15, -0.1) is 0 Å². The van der Waals surface area contributed by atoms with Crippen LogP contribution in [0.25, 0.3) is 11.3 Å². The molecule has 0 spiro atoms. The van der Waals surface area contributed by atoms with Crippen molar-refractivity contribution in [2.24, 2.45) is 0 Å². The maximum absolute atomic E-state index is 14.6. The van der Waals surface area contributed by atoms with Crippen LogP contribution in [-0.4, -0.2) is 26.4 Å². The van der Waals surface area contributed by atoms with Crippen LogP contribution < -0.4 is 19.5 Å². The molecule has 1 amide bonds. The standard InChI is InChI=1S/C25H23F4N3O5S/c1-13(15-3-6-18(19(26)9-15)14(2)32-38(34)35)24(33)30-11-17-5-8-22(25(27,28)29)31-23(17)16-4-7-20-21(10-16)37-12-36-20/h3-10,13-14,32H,11-12H2,1-2H3,(H,30,33)(H,34,35). The Morgan fingerprint density at radius 1 is 1.11 bits per heavy atom. The quantitative estimate of drug-likeness (QED) is 0.272. The molecule has 8 nitrogen and oxygen atoms in total. The smallest absolute Gasteiger partial charge is 0.433 e. The van der Waals surface area contributed by atoms with Gasteiger partial charge in [-0.2, -0.15) is 13.2 Å². The molecule has 202 valence electrons. The second-order valence-corrected chi connectivity index (χ2v) is 9.31. The number of hydrogen-bond donors (Lipinski definition) is 3. The van der Waals surface area contributed by atoms with Crippen molar-refractivity contribution in [3.8, 4) is 22.8 Å². The van der Waals surface area contributed by atoms with E-state index in [1.807, 2.05) is 0 Å². The molecule has 3 aromatic rings. The number of carbonyl (C=O) groups excluding carboxylic acids is 1. The van der Waals surface area contributed by atoms with Crippen LogP contribution in [0.15, 0.2) is 48.5 Å². The maximum Gasteiger partial charge on any atom is 0.433 e. The summed E-state index contributed by atoms with van der Waals surface area (Å²) in [6.45, 7) is 2.92. The van der Waals surface area contributed by atoms with Crippen LogP contribution in [0.4, 0.5) is 17.6 Å². The molecule has 2 aromatic carbocycles. The molecule has 0 fully saturated rings. The van der Waals surface area contributed by atoms with E-state index in [0.717, 1.165) is 12.1 Å². The summed E-state index contributed by atoms with van der Waals surface area (Å²) in [4.78, 5) is 16.7. The van der Waals surface area contributed by atoms with Gasteiger partial charge in [0.1, 0.15) is 11.5 Å². The van der Waals surface area contributed by atoms with Crippen LogP contribution in [0, 0.1) is 5.82 Å². The summed E-state index contributed by atoms with van der Waals surface area (Å²) in [6, 6.07) is 10.1. The highest BCUT2D eigenvalue weighted by Gasteiger charge is 2.33. The average molecular weight is 554 g/mol. The first-order valence-corrected chi connectivity index (χ1v) is 12.5. The number of alkyl halides is 3. The monoisotopic (exact) mass is 553 g/mol. The highest BCUT2D eigenvalue weighted by atomic mass is 32.2. The van der Waals surface area contributed by atoms with Gasteiger partial charge in [-0.05, 0) is 55.3 Å². The van der Waals surface area contributed by atoms with Crippen LogP contribution in [0.3, 0.4) is 0 Å². The minimum Gasteiger partial charge on any atom is -0.454 e. The number of benzene rings is 2. The average Bonchev–Trinajstić information content (AvgIpc) is 3.33. The van der Waals surface area contributed by atoms with Crippen molar-refractivity contribution >= 4 is 17.2 Å². The summed E-state index contributed by atoms with van der Waals surface area (Å²) in [5.41, 5.74) is 0.107. The highest BCUT2D eigenvalue weighted by molar-refractivity contribution is 7.77. The summed E-state index contributed by atoms with van der Waals surface area (Å²) in [5.74, 6) is -1.13. The van der Waals surface area contributed by atoms with Gasteiger partial charge >= 0.3 is 6.18 Å². The Morgan fingerprint density at radius 2 is 1.84 bits per heavy atom. The summed E-state index contributed by atoms with van der Waals surface area (Å²) in [6.07, 6.45) is -4.67. The van der Waals surface area contributed by atoms with Crippen molar-refractivity contribution in [3.63, 3.8) is 0 Å². The van der Waals surface area contributed by atoms with E-state index in [0.29, 0.717) is 28.2 Å². The Kier molecular flexibility index (Phi) is 7.99. The van der Waals surface area contributed by atoms with Crippen molar-refractivity contribution in [1.82, 2.24) is 15.0 Å². The van der Waals surface area contributed by atoms with E-state index < -0.39 is 46.8 Å². The number of ether oxygens (including phenoxy) is 2. The van der Waals surface area contributed by atoms with Crippen molar-refractivity contribution in [1.29, 1.82) is 0 Å². The van der Waals surface area contributed by atoms with Gasteiger partial charge in [0.25, 0.3) is 0 Å². The number of fused-ring (bicyclic) bond motifs is 1. The van der Waals surface area contributed by atoms with Crippen LogP contribution >= 0.6 is 0 Å². The lowest BCUT2D eigenvalue weighted by Crippen LogP contribution is -2.28. The number of nitrogens with zero attached hydrogens (tertiary/aromatic N) is 1. The second-order valence-electron chi connectivity index (χ2n) is 8.58. The van der Waals surface area contributed by atoms with Gasteiger partial charge in [-0.1, -0.05) is 18.2 Å². The number of hydrogen-bond acceptors (Lipinski definition) is 5. The number of carbonyl (C=O) groups is 1.